The van der Waals surface area contributed by atoms with Gasteiger partial charge in [0, 0.05) is 36.7 Å². The van der Waals surface area contributed by atoms with Gasteiger partial charge in [-0.2, -0.15) is 0 Å². The van der Waals surface area contributed by atoms with Crippen molar-refractivity contribution in [3.8, 4) is 0 Å². The lowest BCUT2D eigenvalue weighted by atomic mass is 9.78. The lowest BCUT2D eigenvalue weighted by Crippen LogP contribution is -2.35. The average molecular weight is 435 g/mol. The third-order valence-corrected chi connectivity index (χ3v) is 5.75. The van der Waals surface area contributed by atoms with Crippen LogP contribution >= 0.6 is 24.8 Å². The normalized spacial score (nSPS) is 20.5. The summed E-state index contributed by atoms with van der Waals surface area (Å²) in [7, 11) is 2.08. The van der Waals surface area contributed by atoms with Gasteiger partial charge in [0.15, 0.2) is 0 Å². The monoisotopic (exact) mass is 434 g/mol. The second kappa shape index (κ2) is 8.46. The molecule has 3 aromatic rings. The zero-order valence-electron chi connectivity index (χ0n) is 16.8. The second-order valence-electron chi connectivity index (χ2n) is 8.27. The molecule has 0 spiro atoms. The summed E-state index contributed by atoms with van der Waals surface area (Å²) >= 11 is 0. The van der Waals surface area contributed by atoms with E-state index in [0.717, 1.165) is 47.0 Å². The smallest absolute Gasteiger partial charge is 0.134 e. The molecule has 0 unspecified atom stereocenters. The zero-order valence-corrected chi connectivity index (χ0v) is 18.4. The van der Waals surface area contributed by atoms with E-state index in [1.54, 1.807) is 0 Å². The minimum absolute atomic E-state index is 0. The van der Waals surface area contributed by atoms with Crippen molar-refractivity contribution in [2.45, 2.75) is 57.0 Å². The summed E-state index contributed by atoms with van der Waals surface area (Å²) in [4.78, 5) is 20.1. The number of nitrogens with one attached hydrogen (secondary N) is 1. The fourth-order valence-corrected chi connectivity index (χ4v) is 3.86. The summed E-state index contributed by atoms with van der Waals surface area (Å²) in [6.07, 6.45) is 4.49. The van der Waals surface area contributed by atoms with E-state index in [9.17, 15) is 0 Å². The van der Waals surface area contributed by atoms with Crippen molar-refractivity contribution in [1.82, 2.24) is 19.9 Å². The molecule has 5 rings (SSSR count). The largest absolute Gasteiger partial charge is 0.352 e. The van der Waals surface area contributed by atoms with E-state index in [4.69, 9.17) is 20.7 Å². The average Bonchev–Trinajstić information content (AvgIpc) is 3.40. The first-order valence-corrected chi connectivity index (χ1v) is 9.86. The maximum absolute atomic E-state index is 6.00. The SMILES string of the molecule is Cc1ccc2nc(CN(C)c3cc(C4CC(N)C4)nc(C4CC4)n3)[nH]c2c1.Cl.Cl. The molecule has 3 N–H and O–H groups in total. The number of hydrogen-bond donors (Lipinski definition) is 2. The number of rotatable bonds is 5. The summed E-state index contributed by atoms with van der Waals surface area (Å²) in [5, 5.41) is 0. The molecule has 0 amide bonds. The lowest BCUT2D eigenvalue weighted by Gasteiger charge is -2.32. The molecule has 29 heavy (non-hydrogen) atoms. The summed E-state index contributed by atoms with van der Waals surface area (Å²) < 4.78 is 0. The zero-order chi connectivity index (χ0) is 18.5. The van der Waals surface area contributed by atoms with Gasteiger partial charge < -0.3 is 15.6 Å². The maximum atomic E-state index is 6.00. The molecule has 0 radical (unpaired) electrons. The predicted molar refractivity (Wildman–Crippen MR) is 121 cm³/mol. The molecule has 2 fully saturated rings. The highest BCUT2D eigenvalue weighted by molar-refractivity contribution is 5.85. The third kappa shape index (κ3) is 4.49. The molecule has 8 heteroatoms. The van der Waals surface area contributed by atoms with Gasteiger partial charge in [-0.05, 0) is 50.3 Å². The first-order valence-electron chi connectivity index (χ1n) is 9.86. The number of aryl methyl sites for hydroxylation is 1. The number of fused-ring (bicyclic) bond motifs is 1. The Morgan fingerprint density at radius 1 is 1.07 bits per heavy atom. The number of nitrogens with zero attached hydrogens (tertiary/aromatic N) is 4. The fraction of sp³-hybridized carbons (Fsp3) is 0.476. The third-order valence-electron chi connectivity index (χ3n) is 5.75. The van der Waals surface area contributed by atoms with Crippen LogP contribution in [0.2, 0.25) is 0 Å². The van der Waals surface area contributed by atoms with Crippen molar-refractivity contribution in [2.75, 3.05) is 11.9 Å². The van der Waals surface area contributed by atoms with Crippen molar-refractivity contribution in [3.63, 3.8) is 0 Å². The molecule has 6 nitrogen and oxygen atoms in total. The molecular weight excluding hydrogens is 407 g/mol. The van der Waals surface area contributed by atoms with Gasteiger partial charge in [-0.15, -0.1) is 24.8 Å². The van der Waals surface area contributed by atoms with E-state index in [2.05, 4.69) is 48.1 Å². The molecular formula is C21H28Cl2N6. The minimum Gasteiger partial charge on any atom is -0.352 e. The molecule has 2 aliphatic rings. The quantitative estimate of drug-likeness (QED) is 0.627. The van der Waals surface area contributed by atoms with Crippen LogP contribution < -0.4 is 10.6 Å². The molecule has 0 aliphatic heterocycles. The Morgan fingerprint density at radius 2 is 1.83 bits per heavy atom. The number of aromatic nitrogens is 4. The lowest BCUT2D eigenvalue weighted by molar-refractivity contribution is 0.344. The topological polar surface area (TPSA) is 83.7 Å². The summed E-state index contributed by atoms with van der Waals surface area (Å²) in [6.45, 7) is 2.79. The molecule has 156 valence electrons. The molecule has 2 aromatic heterocycles. The van der Waals surface area contributed by atoms with Crippen molar-refractivity contribution < 1.29 is 0 Å². The van der Waals surface area contributed by atoms with Gasteiger partial charge in [-0.25, -0.2) is 15.0 Å². The van der Waals surface area contributed by atoms with Gasteiger partial charge in [0.2, 0.25) is 0 Å². The van der Waals surface area contributed by atoms with Crippen molar-refractivity contribution >= 4 is 41.7 Å². The van der Waals surface area contributed by atoms with Crippen molar-refractivity contribution in [1.29, 1.82) is 0 Å². The molecule has 0 saturated heterocycles. The van der Waals surface area contributed by atoms with E-state index in [1.807, 2.05) is 0 Å². The Bertz CT molecular complexity index is 994. The Kier molecular flexibility index (Phi) is 6.36. The fourth-order valence-electron chi connectivity index (χ4n) is 3.86. The van der Waals surface area contributed by atoms with Gasteiger partial charge >= 0.3 is 0 Å². The van der Waals surface area contributed by atoms with E-state index < -0.39 is 0 Å². The van der Waals surface area contributed by atoms with Crippen LogP contribution in [0.1, 0.15) is 60.4 Å². The number of anilines is 1. The van der Waals surface area contributed by atoms with Crippen LogP contribution in [0, 0.1) is 6.92 Å². The molecule has 0 bridgehead atoms. The van der Waals surface area contributed by atoms with E-state index in [0.29, 0.717) is 24.4 Å². The minimum atomic E-state index is 0. The number of aromatic amines is 1. The summed E-state index contributed by atoms with van der Waals surface area (Å²) in [6, 6.07) is 8.78. The maximum Gasteiger partial charge on any atom is 0.134 e. The van der Waals surface area contributed by atoms with Gasteiger partial charge in [0.05, 0.1) is 17.6 Å². The highest BCUT2D eigenvalue weighted by Crippen LogP contribution is 2.41. The molecule has 1 aromatic carbocycles. The number of benzene rings is 1. The van der Waals surface area contributed by atoms with Crippen LogP contribution in [0.25, 0.3) is 11.0 Å². The highest BCUT2D eigenvalue weighted by Gasteiger charge is 2.32. The van der Waals surface area contributed by atoms with Crippen molar-refractivity contribution in [2.24, 2.45) is 5.73 Å². The number of imidazole rings is 1. The van der Waals surface area contributed by atoms with E-state index in [1.165, 1.54) is 18.4 Å². The van der Waals surface area contributed by atoms with Gasteiger partial charge in [0.1, 0.15) is 17.5 Å². The molecule has 2 saturated carbocycles. The highest BCUT2D eigenvalue weighted by atomic mass is 35.5. The molecule has 2 heterocycles. The summed E-state index contributed by atoms with van der Waals surface area (Å²) in [5.41, 5.74) is 10.5. The van der Waals surface area contributed by atoms with Gasteiger partial charge in [-0.3, -0.25) is 0 Å². The standard InChI is InChI=1S/C21H26N6.2ClH/c1-12-3-6-16-18(7-12)24-19(23-16)11-27(2)20-10-17(14-8-15(22)9-14)25-21(26-20)13-4-5-13;;/h3,6-7,10,13-15H,4-5,8-9,11,22H2,1-2H3,(H,23,24);2*1H. The van der Waals surface area contributed by atoms with Crippen LogP contribution in [0.3, 0.4) is 0 Å². The Labute approximate surface area is 183 Å². The van der Waals surface area contributed by atoms with Gasteiger partial charge in [0.25, 0.3) is 0 Å². The Hall–Kier alpha value is -1.89. The van der Waals surface area contributed by atoms with Crippen molar-refractivity contribution in [3.05, 3.63) is 47.2 Å². The van der Waals surface area contributed by atoms with Crippen LogP contribution in [0.5, 0.6) is 0 Å². The van der Waals surface area contributed by atoms with E-state index >= 15 is 0 Å². The molecule has 2 aliphatic carbocycles. The number of halogens is 2. The Balaban J connectivity index is 0.00000120. The molecule has 0 atom stereocenters. The Morgan fingerprint density at radius 3 is 2.52 bits per heavy atom. The summed E-state index contributed by atoms with van der Waals surface area (Å²) in [5.74, 6) is 3.98. The predicted octanol–water partition coefficient (Wildman–Crippen LogP) is 4.22. The van der Waals surface area contributed by atoms with Crippen LogP contribution in [0.15, 0.2) is 24.3 Å². The van der Waals surface area contributed by atoms with Crippen LogP contribution in [0.4, 0.5) is 5.82 Å². The first-order chi connectivity index (χ1) is 13.0. The first kappa shape index (κ1) is 21.8. The number of hydrogen-bond acceptors (Lipinski definition) is 5. The second-order valence-corrected chi connectivity index (χ2v) is 8.27. The van der Waals surface area contributed by atoms with Gasteiger partial charge in [-0.1, -0.05) is 6.07 Å². The van der Waals surface area contributed by atoms with E-state index in [-0.39, 0.29) is 24.8 Å². The number of nitrogens with two attached hydrogens (primary N) is 1. The number of H-pyrrole nitrogens is 1. The van der Waals surface area contributed by atoms with Crippen LogP contribution in [-0.2, 0) is 6.54 Å². The van der Waals surface area contributed by atoms with Crippen LogP contribution in [-0.4, -0.2) is 33.0 Å².